The Balaban J connectivity index is 1.70. The van der Waals surface area contributed by atoms with Gasteiger partial charge >= 0.3 is 5.97 Å². The highest BCUT2D eigenvalue weighted by Gasteiger charge is 2.28. The quantitative estimate of drug-likeness (QED) is 0.631. The monoisotopic (exact) mass is 413 g/mol. The van der Waals surface area contributed by atoms with Crippen LogP contribution in [0.3, 0.4) is 0 Å². The molecule has 1 heterocycles. The number of benzene rings is 1. The summed E-state index contributed by atoms with van der Waals surface area (Å²) in [7, 11) is 0. The lowest BCUT2D eigenvalue weighted by Gasteiger charge is -2.24. The van der Waals surface area contributed by atoms with Gasteiger partial charge in [-0.25, -0.2) is 9.48 Å². The van der Waals surface area contributed by atoms with Crippen molar-refractivity contribution < 1.29 is 14.3 Å². The number of aromatic nitrogens is 3. The molecule has 6 nitrogen and oxygen atoms in total. The van der Waals surface area contributed by atoms with Crippen molar-refractivity contribution in [2.24, 2.45) is 0 Å². The molecule has 164 valence electrons. The summed E-state index contributed by atoms with van der Waals surface area (Å²) in [5.41, 5.74) is 3.16. The fourth-order valence-electron chi connectivity index (χ4n) is 3.71. The minimum absolute atomic E-state index is 0.0538. The first-order valence-electron chi connectivity index (χ1n) is 10.9. The molecule has 2 aromatic rings. The molecule has 1 aliphatic carbocycles. The van der Waals surface area contributed by atoms with E-state index in [1.54, 1.807) is 12.1 Å². The van der Waals surface area contributed by atoms with E-state index < -0.39 is 5.60 Å². The van der Waals surface area contributed by atoms with E-state index in [-0.39, 0.29) is 17.6 Å². The predicted molar refractivity (Wildman–Crippen MR) is 116 cm³/mol. The van der Waals surface area contributed by atoms with Crippen LogP contribution >= 0.6 is 0 Å². The van der Waals surface area contributed by atoms with Gasteiger partial charge in [-0.1, -0.05) is 30.2 Å². The molecule has 6 heteroatoms. The molecule has 1 atom stereocenters. The zero-order valence-corrected chi connectivity index (χ0v) is 19.2. The lowest BCUT2D eigenvalue weighted by molar-refractivity contribution is 0.00689. The standard InChI is InChI=1S/C24H35N3O3/c1-23(2,3)27-19-10-8-7-9-11-20(21(19)25-26-27)29-16-17-12-14-18(15-13-17)22(28)30-24(4,5)6/h12-15,20H,7-11,16H2,1-6H3. The highest BCUT2D eigenvalue weighted by Crippen LogP contribution is 2.32. The van der Waals surface area contributed by atoms with Crippen molar-refractivity contribution in [3.05, 3.63) is 46.8 Å². The van der Waals surface area contributed by atoms with Crippen LogP contribution < -0.4 is 0 Å². The Bertz CT molecular complexity index is 857. The van der Waals surface area contributed by atoms with Gasteiger partial charge in [0, 0.05) is 0 Å². The third-order valence-corrected chi connectivity index (χ3v) is 5.15. The Morgan fingerprint density at radius 3 is 2.40 bits per heavy atom. The molecule has 0 bridgehead atoms. The molecule has 1 aromatic carbocycles. The number of carbonyl (C=O) groups is 1. The molecule has 0 radical (unpaired) electrons. The number of hydrogen-bond donors (Lipinski definition) is 0. The third-order valence-electron chi connectivity index (χ3n) is 5.15. The molecular weight excluding hydrogens is 378 g/mol. The molecule has 3 rings (SSSR count). The minimum atomic E-state index is -0.501. The largest absolute Gasteiger partial charge is 0.456 e. The zero-order valence-electron chi connectivity index (χ0n) is 19.2. The number of rotatable bonds is 4. The maximum absolute atomic E-state index is 12.2. The van der Waals surface area contributed by atoms with E-state index in [0.717, 1.165) is 36.9 Å². The van der Waals surface area contributed by atoms with E-state index >= 15 is 0 Å². The number of nitrogens with zero attached hydrogens (tertiary/aromatic N) is 3. The SMILES string of the molecule is CC(C)(C)OC(=O)c1ccc(COC2CCCCCc3c2nnn3C(C)(C)C)cc1. The summed E-state index contributed by atoms with van der Waals surface area (Å²) in [6.45, 7) is 12.5. The molecule has 0 spiro atoms. The molecular formula is C24H35N3O3. The maximum atomic E-state index is 12.2. The van der Waals surface area contributed by atoms with Crippen LogP contribution in [0.2, 0.25) is 0 Å². The average Bonchev–Trinajstić information content (AvgIpc) is 3.04. The van der Waals surface area contributed by atoms with Gasteiger partial charge in [-0.05, 0) is 78.5 Å². The molecule has 0 fully saturated rings. The van der Waals surface area contributed by atoms with Gasteiger partial charge in [-0.2, -0.15) is 0 Å². The maximum Gasteiger partial charge on any atom is 0.338 e. The Morgan fingerprint density at radius 1 is 1.07 bits per heavy atom. The number of fused-ring (bicyclic) bond motifs is 1. The molecule has 0 N–H and O–H groups in total. The van der Waals surface area contributed by atoms with Crippen molar-refractivity contribution in [2.75, 3.05) is 0 Å². The second-order valence-electron chi connectivity index (χ2n) is 10.1. The van der Waals surface area contributed by atoms with E-state index in [4.69, 9.17) is 9.47 Å². The van der Waals surface area contributed by atoms with Crippen molar-refractivity contribution in [1.82, 2.24) is 15.0 Å². The topological polar surface area (TPSA) is 66.2 Å². The van der Waals surface area contributed by atoms with Gasteiger partial charge in [0.1, 0.15) is 17.4 Å². The van der Waals surface area contributed by atoms with Crippen LogP contribution in [0.1, 0.15) is 101 Å². The van der Waals surface area contributed by atoms with Crippen LogP contribution in [-0.2, 0) is 28.0 Å². The Labute approximate surface area is 180 Å². The molecule has 0 aliphatic heterocycles. The van der Waals surface area contributed by atoms with E-state index in [1.807, 2.05) is 32.9 Å². The van der Waals surface area contributed by atoms with Gasteiger partial charge in [0.25, 0.3) is 0 Å². The number of esters is 1. The summed E-state index contributed by atoms with van der Waals surface area (Å²) in [5.74, 6) is -0.307. The molecule has 1 aromatic heterocycles. The summed E-state index contributed by atoms with van der Waals surface area (Å²) in [4.78, 5) is 12.2. The highest BCUT2D eigenvalue weighted by molar-refractivity contribution is 5.89. The molecule has 0 amide bonds. The summed E-state index contributed by atoms with van der Waals surface area (Å²) in [6, 6.07) is 7.45. The Kier molecular flexibility index (Phi) is 6.65. The first-order valence-corrected chi connectivity index (χ1v) is 10.9. The molecule has 0 saturated carbocycles. The Hall–Kier alpha value is -2.21. The number of hydrogen-bond acceptors (Lipinski definition) is 5. The van der Waals surface area contributed by atoms with Gasteiger partial charge in [0.05, 0.1) is 23.4 Å². The third kappa shape index (κ3) is 5.69. The van der Waals surface area contributed by atoms with E-state index in [9.17, 15) is 4.79 Å². The summed E-state index contributed by atoms with van der Waals surface area (Å²) >= 11 is 0. The van der Waals surface area contributed by atoms with Crippen molar-refractivity contribution in [1.29, 1.82) is 0 Å². The lowest BCUT2D eigenvalue weighted by atomic mass is 9.97. The van der Waals surface area contributed by atoms with Gasteiger partial charge < -0.3 is 9.47 Å². The van der Waals surface area contributed by atoms with Crippen molar-refractivity contribution in [3.8, 4) is 0 Å². The zero-order chi connectivity index (χ0) is 21.9. The minimum Gasteiger partial charge on any atom is -0.456 e. The summed E-state index contributed by atoms with van der Waals surface area (Å²) in [6.07, 6.45) is 5.37. The van der Waals surface area contributed by atoms with Crippen LogP contribution in [-0.4, -0.2) is 26.6 Å². The first kappa shape index (κ1) is 22.5. The van der Waals surface area contributed by atoms with Crippen LogP contribution in [0.4, 0.5) is 0 Å². The van der Waals surface area contributed by atoms with Crippen molar-refractivity contribution in [3.63, 3.8) is 0 Å². The summed E-state index contributed by atoms with van der Waals surface area (Å²) < 4.78 is 13.8. The van der Waals surface area contributed by atoms with E-state index in [1.165, 1.54) is 12.1 Å². The average molecular weight is 414 g/mol. The van der Waals surface area contributed by atoms with Crippen molar-refractivity contribution in [2.45, 2.75) is 97.5 Å². The van der Waals surface area contributed by atoms with Gasteiger partial charge in [-0.3, -0.25) is 0 Å². The predicted octanol–water partition coefficient (Wildman–Crippen LogP) is 5.36. The molecule has 0 saturated heterocycles. The molecule has 1 unspecified atom stereocenters. The van der Waals surface area contributed by atoms with Crippen molar-refractivity contribution >= 4 is 5.97 Å². The second kappa shape index (κ2) is 8.88. The van der Waals surface area contributed by atoms with Gasteiger partial charge in [0.2, 0.25) is 0 Å². The number of ether oxygens (including phenoxy) is 2. The van der Waals surface area contributed by atoms with E-state index in [2.05, 4.69) is 35.8 Å². The summed E-state index contributed by atoms with van der Waals surface area (Å²) in [5, 5.41) is 8.97. The van der Waals surface area contributed by atoms with Crippen LogP contribution in [0.5, 0.6) is 0 Å². The van der Waals surface area contributed by atoms with Crippen LogP contribution in [0, 0.1) is 0 Å². The highest BCUT2D eigenvalue weighted by atomic mass is 16.6. The Morgan fingerprint density at radius 2 is 1.77 bits per heavy atom. The normalized spacial score (nSPS) is 17.7. The molecule has 30 heavy (non-hydrogen) atoms. The first-order chi connectivity index (χ1) is 14.0. The lowest BCUT2D eigenvalue weighted by Crippen LogP contribution is -2.26. The fraction of sp³-hybridized carbons (Fsp3) is 0.625. The fourth-order valence-corrected chi connectivity index (χ4v) is 3.71. The molecule has 1 aliphatic rings. The van der Waals surface area contributed by atoms with Gasteiger partial charge in [-0.15, -0.1) is 5.10 Å². The van der Waals surface area contributed by atoms with Crippen LogP contribution in [0.15, 0.2) is 24.3 Å². The van der Waals surface area contributed by atoms with Crippen LogP contribution in [0.25, 0.3) is 0 Å². The van der Waals surface area contributed by atoms with E-state index in [0.29, 0.717) is 12.2 Å². The van der Waals surface area contributed by atoms with Gasteiger partial charge in [0.15, 0.2) is 0 Å². The number of carbonyl (C=O) groups excluding carboxylic acids is 1. The smallest absolute Gasteiger partial charge is 0.338 e. The second-order valence-corrected chi connectivity index (χ2v) is 10.1.